The summed E-state index contributed by atoms with van der Waals surface area (Å²) in [6.07, 6.45) is -5.25. The molecule has 0 heterocycles. The van der Waals surface area contributed by atoms with Gasteiger partial charge >= 0.3 is 6.18 Å². The molecule has 1 aromatic carbocycles. The average Bonchev–Trinajstić information content (AvgIpc) is 2.44. The van der Waals surface area contributed by atoms with Crippen molar-refractivity contribution in [3.8, 4) is 5.75 Å². The van der Waals surface area contributed by atoms with Crippen LogP contribution in [-0.4, -0.2) is 37.9 Å². The fourth-order valence-electron chi connectivity index (χ4n) is 1.65. The standard InChI is InChI=1S/C15H22F3N3O.HI/c1-3-19-14(20-10-9-15(16,17)18)21-11-12(2)22-13-7-5-4-6-8-13;/h4-8,12H,3,9-11H2,1-2H3,(H2,19,20,21);1H. The van der Waals surface area contributed by atoms with E-state index in [1.54, 1.807) is 0 Å². The first-order chi connectivity index (χ1) is 10.4. The molecule has 0 aliphatic rings. The summed E-state index contributed by atoms with van der Waals surface area (Å²) >= 11 is 0. The molecule has 0 saturated carbocycles. The summed E-state index contributed by atoms with van der Waals surface area (Å²) in [5, 5.41) is 5.56. The van der Waals surface area contributed by atoms with Crippen LogP contribution >= 0.6 is 24.0 Å². The summed E-state index contributed by atoms with van der Waals surface area (Å²) in [5.74, 6) is 1.09. The van der Waals surface area contributed by atoms with Gasteiger partial charge in [-0.3, -0.25) is 0 Å². The fraction of sp³-hybridized carbons (Fsp3) is 0.533. The van der Waals surface area contributed by atoms with E-state index in [9.17, 15) is 13.2 Å². The van der Waals surface area contributed by atoms with Gasteiger partial charge in [0, 0.05) is 13.1 Å². The maximum absolute atomic E-state index is 12.1. The van der Waals surface area contributed by atoms with Crippen LogP contribution in [0.3, 0.4) is 0 Å². The molecule has 1 rings (SSSR count). The van der Waals surface area contributed by atoms with Crippen molar-refractivity contribution in [3.05, 3.63) is 30.3 Å². The lowest BCUT2D eigenvalue weighted by Crippen LogP contribution is -2.39. The number of nitrogens with zero attached hydrogens (tertiary/aromatic N) is 1. The minimum Gasteiger partial charge on any atom is -0.489 e. The van der Waals surface area contributed by atoms with Crippen molar-refractivity contribution >= 4 is 29.9 Å². The molecule has 0 fully saturated rings. The Hall–Kier alpha value is -1.19. The van der Waals surface area contributed by atoms with Crippen molar-refractivity contribution in [2.75, 3.05) is 19.6 Å². The second kappa shape index (κ2) is 11.4. The van der Waals surface area contributed by atoms with E-state index in [-0.39, 0.29) is 36.6 Å². The number of benzene rings is 1. The molecule has 0 aliphatic carbocycles. The van der Waals surface area contributed by atoms with Crippen LogP contribution in [0.25, 0.3) is 0 Å². The number of ether oxygens (including phenoxy) is 1. The first kappa shape index (κ1) is 21.8. The summed E-state index contributed by atoms with van der Waals surface area (Å²) in [7, 11) is 0. The second-order valence-electron chi connectivity index (χ2n) is 4.75. The Labute approximate surface area is 151 Å². The summed E-state index contributed by atoms with van der Waals surface area (Å²) < 4.78 is 42.0. The average molecular weight is 445 g/mol. The minimum atomic E-state index is -4.17. The monoisotopic (exact) mass is 445 g/mol. The Morgan fingerprint density at radius 3 is 2.43 bits per heavy atom. The largest absolute Gasteiger partial charge is 0.489 e. The first-order valence-electron chi connectivity index (χ1n) is 7.21. The maximum atomic E-state index is 12.1. The van der Waals surface area contributed by atoms with Gasteiger partial charge in [0.15, 0.2) is 5.96 Å². The van der Waals surface area contributed by atoms with Crippen LogP contribution in [-0.2, 0) is 0 Å². The summed E-state index contributed by atoms with van der Waals surface area (Å²) in [6, 6.07) is 9.31. The van der Waals surface area contributed by atoms with Crippen molar-refractivity contribution in [2.45, 2.75) is 32.5 Å². The highest BCUT2D eigenvalue weighted by molar-refractivity contribution is 14.0. The lowest BCUT2D eigenvalue weighted by Gasteiger charge is -2.15. The highest BCUT2D eigenvalue weighted by Gasteiger charge is 2.26. The predicted molar refractivity (Wildman–Crippen MR) is 96.6 cm³/mol. The van der Waals surface area contributed by atoms with Gasteiger partial charge in [-0.2, -0.15) is 13.2 Å². The Kier molecular flexibility index (Phi) is 10.8. The molecular weight excluding hydrogens is 422 g/mol. The number of halogens is 4. The molecule has 0 spiro atoms. The molecule has 1 unspecified atom stereocenters. The second-order valence-corrected chi connectivity index (χ2v) is 4.75. The van der Waals surface area contributed by atoms with Crippen molar-refractivity contribution in [1.29, 1.82) is 0 Å². The van der Waals surface area contributed by atoms with E-state index in [0.717, 1.165) is 5.75 Å². The fourth-order valence-corrected chi connectivity index (χ4v) is 1.65. The van der Waals surface area contributed by atoms with Crippen molar-refractivity contribution < 1.29 is 17.9 Å². The Morgan fingerprint density at radius 1 is 1.22 bits per heavy atom. The van der Waals surface area contributed by atoms with E-state index in [4.69, 9.17) is 4.74 Å². The zero-order chi connectivity index (χ0) is 16.4. The van der Waals surface area contributed by atoms with E-state index >= 15 is 0 Å². The lowest BCUT2D eigenvalue weighted by molar-refractivity contribution is -0.132. The third-order valence-corrected chi connectivity index (χ3v) is 2.63. The molecule has 1 aromatic rings. The SMILES string of the molecule is CCNC(=NCC(C)Oc1ccccc1)NCCC(F)(F)F.I. The van der Waals surface area contributed by atoms with Crippen molar-refractivity contribution in [2.24, 2.45) is 4.99 Å². The number of nitrogens with one attached hydrogen (secondary N) is 2. The molecule has 0 bridgehead atoms. The van der Waals surface area contributed by atoms with E-state index < -0.39 is 12.6 Å². The minimum absolute atomic E-state index is 0. The molecule has 0 radical (unpaired) electrons. The number of hydrogen-bond donors (Lipinski definition) is 2. The van der Waals surface area contributed by atoms with Gasteiger partial charge in [-0.1, -0.05) is 18.2 Å². The Morgan fingerprint density at radius 2 is 1.87 bits per heavy atom. The number of aliphatic imine (C=N–C) groups is 1. The van der Waals surface area contributed by atoms with Crippen molar-refractivity contribution in [1.82, 2.24) is 10.6 Å². The molecule has 132 valence electrons. The predicted octanol–water partition coefficient (Wildman–Crippen LogP) is 3.58. The van der Waals surface area contributed by atoms with Crippen LogP contribution in [0.5, 0.6) is 5.75 Å². The molecular formula is C15H23F3IN3O. The molecule has 0 aromatic heterocycles. The third kappa shape index (κ3) is 11.1. The zero-order valence-electron chi connectivity index (χ0n) is 13.2. The van der Waals surface area contributed by atoms with Gasteiger partial charge < -0.3 is 15.4 Å². The summed E-state index contributed by atoms with van der Waals surface area (Å²) in [5.41, 5.74) is 0. The van der Waals surface area contributed by atoms with Crippen LogP contribution in [0.15, 0.2) is 35.3 Å². The smallest absolute Gasteiger partial charge is 0.390 e. The quantitative estimate of drug-likeness (QED) is 0.383. The molecule has 0 aliphatic heterocycles. The van der Waals surface area contributed by atoms with Crippen LogP contribution in [0.1, 0.15) is 20.3 Å². The van der Waals surface area contributed by atoms with E-state index in [2.05, 4.69) is 15.6 Å². The van der Waals surface area contributed by atoms with E-state index in [1.165, 1.54) is 0 Å². The zero-order valence-corrected chi connectivity index (χ0v) is 15.5. The number of rotatable bonds is 7. The summed E-state index contributed by atoms with van der Waals surface area (Å²) in [4.78, 5) is 4.23. The third-order valence-electron chi connectivity index (χ3n) is 2.63. The lowest BCUT2D eigenvalue weighted by atomic mass is 10.3. The number of para-hydroxylation sites is 1. The normalized spacial score (nSPS) is 13.0. The summed E-state index contributed by atoms with van der Waals surface area (Å²) in [6.45, 7) is 4.42. The molecule has 1 atom stereocenters. The molecule has 2 N–H and O–H groups in total. The number of hydrogen-bond acceptors (Lipinski definition) is 2. The number of alkyl halides is 3. The molecule has 23 heavy (non-hydrogen) atoms. The topological polar surface area (TPSA) is 45.7 Å². The van der Waals surface area contributed by atoms with Gasteiger partial charge in [0.05, 0.1) is 13.0 Å². The van der Waals surface area contributed by atoms with Crippen molar-refractivity contribution in [3.63, 3.8) is 0 Å². The van der Waals surface area contributed by atoms with Gasteiger partial charge in [0.1, 0.15) is 11.9 Å². The van der Waals surface area contributed by atoms with Crippen LogP contribution in [0.4, 0.5) is 13.2 Å². The Bertz CT molecular complexity index is 455. The molecule has 8 heteroatoms. The van der Waals surface area contributed by atoms with Gasteiger partial charge in [-0.05, 0) is 26.0 Å². The van der Waals surface area contributed by atoms with Gasteiger partial charge in [-0.15, -0.1) is 24.0 Å². The Balaban J connectivity index is 0.00000484. The number of guanidine groups is 1. The van der Waals surface area contributed by atoms with E-state index in [1.807, 2.05) is 44.2 Å². The van der Waals surface area contributed by atoms with Gasteiger partial charge in [0.2, 0.25) is 0 Å². The van der Waals surface area contributed by atoms with Crippen LogP contribution < -0.4 is 15.4 Å². The maximum Gasteiger partial charge on any atom is 0.390 e. The molecule has 4 nitrogen and oxygen atoms in total. The first-order valence-corrected chi connectivity index (χ1v) is 7.21. The van der Waals surface area contributed by atoms with Crippen LogP contribution in [0.2, 0.25) is 0 Å². The van der Waals surface area contributed by atoms with E-state index in [0.29, 0.717) is 19.0 Å². The van der Waals surface area contributed by atoms with Crippen LogP contribution in [0, 0.1) is 0 Å². The highest BCUT2D eigenvalue weighted by atomic mass is 127. The van der Waals surface area contributed by atoms with Gasteiger partial charge in [0.25, 0.3) is 0 Å². The molecule has 0 amide bonds. The van der Waals surface area contributed by atoms with Gasteiger partial charge in [-0.25, -0.2) is 4.99 Å². The molecule has 0 saturated heterocycles. The highest BCUT2D eigenvalue weighted by Crippen LogP contribution is 2.18.